The Balaban J connectivity index is 2.75. The highest BCUT2D eigenvalue weighted by molar-refractivity contribution is 5.39. The second-order valence-electron chi connectivity index (χ2n) is 3.33. The van der Waals surface area contributed by atoms with E-state index in [0.717, 1.165) is 12.0 Å². The molecule has 52 valence electrons. The van der Waals surface area contributed by atoms with Crippen LogP contribution in [0.4, 0.5) is 0 Å². The molecule has 0 aromatic rings. The highest BCUT2D eigenvalue weighted by Crippen LogP contribution is 2.27. The summed E-state index contributed by atoms with van der Waals surface area (Å²) in [6, 6.07) is 0. The van der Waals surface area contributed by atoms with Crippen LogP contribution < -0.4 is 0 Å². The monoisotopic (exact) mass is 132 g/mol. The Morgan fingerprint density at radius 2 is 2.30 bits per heavy atom. The van der Waals surface area contributed by atoms with Crippen LogP contribution in [0.25, 0.3) is 0 Å². The summed E-state index contributed by atoms with van der Waals surface area (Å²) in [5.41, 5.74) is 1.32. The van der Waals surface area contributed by atoms with Gasteiger partial charge in [-0.25, -0.2) is 0 Å². The van der Waals surface area contributed by atoms with Gasteiger partial charge in [-0.15, -0.1) is 6.42 Å². The van der Waals surface area contributed by atoms with E-state index in [9.17, 15) is 0 Å². The van der Waals surface area contributed by atoms with E-state index in [2.05, 4.69) is 31.9 Å². The Morgan fingerprint density at radius 1 is 1.60 bits per heavy atom. The lowest BCUT2D eigenvalue weighted by Crippen LogP contribution is -2.08. The molecule has 1 aliphatic carbocycles. The first kappa shape index (κ1) is 7.15. The highest BCUT2D eigenvalue weighted by Gasteiger charge is 2.14. The fourth-order valence-electron chi connectivity index (χ4n) is 0.931. The van der Waals surface area contributed by atoms with Crippen molar-refractivity contribution in [1.82, 2.24) is 0 Å². The summed E-state index contributed by atoms with van der Waals surface area (Å²) in [6.45, 7) is 4.40. The molecule has 0 amide bonds. The molecule has 10 heavy (non-hydrogen) atoms. The molecule has 0 radical (unpaired) electrons. The molecule has 1 rings (SSSR count). The first-order valence-corrected chi connectivity index (χ1v) is 3.50. The normalized spacial score (nSPS) is 21.5. The first-order valence-electron chi connectivity index (χ1n) is 3.50. The van der Waals surface area contributed by atoms with Crippen molar-refractivity contribution < 1.29 is 0 Å². The molecule has 0 saturated carbocycles. The fraction of sp³-hybridized carbons (Fsp3) is 0.400. The van der Waals surface area contributed by atoms with E-state index in [-0.39, 0.29) is 0 Å². The number of terminal acetylenes is 1. The van der Waals surface area contributed by atoms with Crippen LogP contribution in [0.15, 0.2) is 23.8 Å². The maximum Gasteiger partial charge on any atom is 0.0200 e. The van der Waals surface area contributed by atoms with Gasteiger partial charge in [-0.05, 0) is 11.8 Å². The number of rotatable bonds is 0. The van der Waals surface area contributed by atoms with Crippen LogP contribution in [0, 0.1) is 17.8 Å². The molecule has 0 unspecified atom stereocenters. The molecule has 0 N–H and O–H groups in total. The molecule has 0 bridgehead atoms. The quantitative estimate of drug-likeness (QED) is 0.444. The van der Waals surface area contributed by atoms with Gasteiger partial charge in [0.05, 0.1) is 0 Å². The minimum absolute atomic E-state index is 0.306. The van der Waals surface area contributed by atoms with Gasteiger partial charge >= 0.3 is 0 Å². The Hall–Kier alpha value is -0.960. The van der Waals surface area contributed by atoms with Crippen LogP contribution in [-0.2, 0) is 0 Å². The highest BCUT2D eigenvalue weighted by atomic mass is 14.2. The van der Waals surface area contributed by atoms with Gasteiger partial charge in [0.25, 0.3) is 0 Å². The lowest BCUT2D eigenvalue weighted by Gasteiger charge is -2.20. The van der Waals surface area contributed by atoms with Crippen LogP contribution in [-0.4, -0.2) is 0 Å². The van der Waals surface area contributed by atoms with Crippen LogP contribution in [0.1, 0.15) is 20.3 Å². The van der Waals surface area contributed by atoms with Gasteiger partial charge in [0, 0.05) is 5.57 Å². The smallest absolute Gasteiger partial charge is 0.0200 e. The van der Waals surface area contributed by atoms with Crippen molar-refractivity contribution >= 4 is 0 Å². The van der Waals surface area contributed by atoms with Crippen molar-refractivity contribution in [3.63, 3.8) is 0 Å². The Morgan fingerprint density at radius 3 is 2.70 bits per heavy atom. The molecule has 0 aliphatic heterocycles. The lowest BCUT2D eigenvalue weighted by molar-refractivity contribution is 0.483. The van der Waals surface area contributed by atoms with Gasteiger partial charge in [-0.1, -0.05) is 38.0 Å². The van der Waals surface area contributed by atoms with Crippen LogP contribution in [0.3, 0.4) is 0 Å². The third-order valence-corrected chi connectivity index (χ3v) is 1.73. The van der Waals surface area contributed by atoms with Gasteiger partial charge in [0.15, 0.2) is 0 Å². The number of hydrogen-bond acceptors (Lipinski definition) is 0. The second kappa shape index (κ2) is 2.34. The zero-order chi connectivity index (χ0) is 7.61. The average molecular weight is 132 g/mol. The van der Waals surface area contributed by atoms with E-state index < -0.39 is 0 Å². The molecular formula is C10H12. The van der Waals surface area contributed by atoms with Gasteiger partial charge < -0.3 is 0 Å². The molecule has 0 fully saturated rings. The summed E-state index contributed by atoms with van der Waals surface area (Å²) in [5, 5.41) is 0. The van der Waals surface area contributed by atoms with E-state index in [1.807, 2.05) is 6.08 Å². The fourth-order valence-corrected chi connectivity index (χ4v) is 0.931. The minimum atomic E-state index is 0.306. The molecule has 0 heterocycles. The Kier molecular flexibility index (Phi) is 1.68. The number of allylic oxidation sites excluding steroid dienone is 4. The SMILES string of the molecule is C#CC1=CCC(C)(C)C=C1. The Labute approximate surface area is 62.6 Å². The summed E-state index contributed by atoms with van der Waals surface area (Å²) in [6.07, 6.45) is 12.6. The minimum Gasteiger partial charge on any atom is -0.115 e. The third-order valence-electron chi connectivity index (χ3n) is 1.73. The first-order chi connectivity index (χ1) is 4.64. The predicted octanol–water partition coefficient (Wildman–Crippen LogP) is 2.53. The van der Waals surface area contributed by atoms with E-state index in [4.69, 9.17) is 6.42 Å². The van der Waals surface area contributed by atoms with E-state index in [1.54, 1.807) is 0 Å². The predicted molar refractivity (Wildman–Crippen MR) is 44.5 cm³/mol. The molecule has 0 heteroatoms. The molecule has 1 aliphatic rings. The van der Waals surface area contributed by atoms with Gasteiger partial charge in [0.1, 0.15) is 0 Å². The Bertz CT molecular complexity index is 221. The molecular weight excluding hydrogens is 120 g/mol. The van der Waals surface area contributed by atoms with Gasteiger partial charge in [0.2, 0.25) is 0 Å². The van der Waals surface area contributed by atoms with Crippen molar-refractivity contribution in [3.05, 3.63) is 23.8 Å². The standard InChI is InChI=1S/C10H12/c1-4-9-5-7-10(2,3)8-6-9/h1,5-7H,8H2,2-3H3. The maximum atomic E-state index is 5.22. The van der Waals surface area contributed by atoms with Crippen LogP contribution in [0.2, 0.25) is 0 Å². The molecule has 0 spiro atoms. The van der Waals surface area contributed by atoms with E-state index >= 15 is 0 Å². The summed E-state index contributed by atoms with van der Waals surface area (Å²) in [7, 11) is 0. The van der Waals surface area contributed by atoms with Crippen molar-refractivity contribution in [2.75, 3.05) is 0 Å². The van der Waals surface area contributed by atoms with Crippen LogP contribution in [0.5, 0.6) is 0 Å². The summed E-state index contributed by atoms with van der Waals surface area (Å²) in [5.74, 6) is 2.62. The van der Waals surface area contributed by atoms with Gasteiger partial charge in [-0.2, -0.15) is 0 Å². The summed E-state index contributed by atoms with van der Waals surface area (Å²) < 4.78 is 0. The molecule has 0 nitrogen and oxygen atoms in total. The van der Waals surface area contributed by atoms with Gasteiger partial charge in [-0.3, -0.25) is 0 Å². The maximum absolute atomic E-state index is 5.22. The van der Waals surface area contributed by atoms with E-state index in [0.29, 0.717) is 5.41 Å². The molecule has 0 atom stereocenters. The van der Waals surface area contributed by atoms with Crippen molar-refractivity contribution in [1.29, 1.82) is 0 Å². The zero-order valence-electron chi connectivity index (χ0n) is 6.52. The summed E-state index contributed by atoms with van der Waals surface area (Å²) in [4.78, 5) is 0. The third kappa shape index (κ3) is 1.51. The van der Waals surface area contributed by atoms with Crippen molar-refractivity contribution in [3.8, 4) is 12.3 Å². The molecule has 0 aromatic heterocycles. The molecule has 0 aromatic carbocycles. The lowest BCUT2D eigenvalue weighted by atomic mass is 9.84. The van der Waals surface area contributed by atoms with Crippen molar-refractivity contribution in [2.24, 2.45) is 5.41 Å². The topological polar surface area (TPSA) is 0 Å². The zero-order valence-corrected chi connectivity index (χ0v) is 6.52. The second-order valence-corrected chi connectivity index (χ2v) is 3.33. The number of hydrogen-bond donors (Lipinski definition) is 0. The summed E-state index contributed by atoms with van der Waals surface area (Å²) >= 11 is 0. The molecule has 0 saturated heterocycles. The van der Waals surface area contributed by atoms with E-state index in [1.165, 1.54) is 0 Å². The van der Waals surface area contributed by atoms with Crippen molar-refractivity contribution in [2.45, 2.75) is 20.3 Å². The largest absolute Gasteiger partial charge is 0.115 e. The average Bonchev–Trinajstić information content (AvgIpc) is 1.88. The van der Waals surface area contributed by atoms with Crippen LogP contribution >= 0.6 is 0 Å².